The predicted octanol–water partition coefficient (Wildman–Crippen LogP) is 1.34. The number of halogens is 1. The Bertz CT molecular complexity index is 497. The third-order valence-electron chi connectivity index (χ3n) is 2.25. The van der Waals surface area contributed by atoms with E-state index in [4.69, 9.17) is 0 Å². The Balaban J connectivity index is 1.94. The van der Waals surface area contributed by atoms with Crippen molar-refractivity contribution in [2.75, 3.05) is 13.6 Å². The zero-order valence-electron chi connectivity index (χ0n) is 9.05. The van der Waals surface area contributed by atoms with Crippen LogP contribution in [0.4, 0.5) is 0 Å². The van der Waals surface area contributed by atoms with Crippen LogP contribution in [0.15, 0.2) is 15.2 Å². The van der Waals surface area contributed by atoms with Gasteiger partial charge in [-0.2, -0.15) is 16.6 Å². The molecule has 0 fully saturated rings. The van der Waals surface area contributed by atoms with Crippen molar-refractivity contribution in [1.29, 1.82) is 0 Å². The van der Waals surface area contributed by atoms with Crippen molar-refractivity contribution in [2.45, 2.75) is 6.42 Å². The van der Waals surface area contributed by atoms with Gasteiger partial charge in [0.05, 0.1) is 5.56 Å². The largest absolute Gasteiger partial charge is 0.341 e. The number of likely N-dealkylation sites (N-methyl/N-ethyl adjacent to an activating group) is 1. The lowest BCUT2D eigenvalue weighted by Crippen LogP contribution is -2.29. The molecule has 0 spiro atoms. The highest BCUT2D eigenvalue weighted by atomic mass is 79.9. The van der Waals surface area contributed by atoms with Gasteiger partial charge in [-0.1, -0.05) is 5.21 Å². The Morgan fingerprint density at radius 3 is 3.00 bits per heavy atom. The summed E-state index contributed by atoms with van der Waals surface area (Å²) in [5.41, 5.74) is 0.686. The van der Waals surface area contributed by atoms with Gasteiger partial charge in [-0.15, -0.1) is 10.2 Å². The summed E-state index contributed by atoms with van der Waals surface area (Å²) in [5.74, 6) is 0.593. The van der Waals surface area contributed by atoms with E-state index in [1.807, 2.05) is 10.8 Å². The average molecular weight is 316 g/mol. The van der Waals surface area contributed by atoms with Crippen LogP contribution in [0.1, 0.15) is 16.2 Å². The molecule has 2 aromatic rings. The molecule has 0 saturated heterocycles. The van der Waals surface area contributed by atoms with E-state index >= 15 is 0 Å². The van der Waals surface area contributed by atoms with Gasteiger partial charge in [-0.05, 0) is 15.9 Å². The summed E-state index contributed by atoms with van der Waals surface area (Å²) in [6.45, 7) is 0.556. The van der Waals surface area contributed by atoms with Crippen molar-refractivity contribution in [2.24, 2.45) is 0 Å². The summed E-state index contributed by atoms with van der Waals surface area (Å²) in [7, 11) is 1.76. The fraction of sp³-hybridized carbons (Fsp3) is 0.333. The summed E-state index contributed by atoms with van der Waals surface area (Å²) >= 11 is 4.84. The first-order valence-electron chi connectivity index (χ1n) is 4.88. The summed E-state index contributed by atoms with van der Waals surface area (Å²) in [5, 5.41) is 17.2. The second kappa shape index (κ2) is 5.37. The molecule has 0 aliphatic rings. The van der Waals surface area contributed by atoms with Crippen molar-refractivity contribution in [3.05, 3.63) is 26.6 Å². The molecule has 0 saturated carbocycles. The molecular weight excluding hydrogens is 306 g/mol. The van der Waals surface area contributed by atoms with Crippen LogP contribution < -0.4 is 0 Å². The van der Waals surface area contributed by atoms with Crippen LogP contribution in [0.3, 0.4) is 0 Å². The standard InChI is InChI=1S/C9H10BrN5OS/c1-15(3-2-8-11-13-14-12-8)9(16)6-4-17-5-7(6)10/h4-5H,2-3H2,1H3,(H,11,12,13,14). The van der Waals surface area contributed by atoms with Crippen LogP contribution in [0.2, 0.25) is 0 Å². The maximum absolute atomic E-state index is 12.0. The monoisotopic (exact) mass is 315 g/mol. The Hall–Kier alpha value is -1.28. The number of hydrogen-bond acceptors (Lipinski definition) is 5. The van der Waals surface area contributed by atoms with Crippen molar-refractivity contribution < 1.29 is 4.79 Å². The van der Waals surface area contributed by atoms with Gasteiger partial charge in [0.2, 0.25) is 0 Å². The lowest BCUT2D eigenvalue weighted by molar-refractivity contribution is 0.0795. The zero-order chi connectivity index (χ0) is 12.3. The molecule has 2 heterocycles. The number of rotatable bonds is 4. The molecule has 1 N–H and O–H groups in total. The first-order chi connectivity index (χ1) is 8.18. The Morgan fingerprint density at radius 1 is 1.59 bits per heavy atom. The van der Waals surface area contributed by atoms with Crippen LogP contribution >= 0.6 is 27.3 Å². The quantitative estimate of drug-likeness (QED) is 0.923. The molecule has 0 radical (unpaired) electrons. The summed E-state index contributed by atoms with van der Waals surface area (Å²) < 4.78 is 0.832. The number of nitrogens with one attached hydrogen (secondary N) is 1. The highest BCUT2D eigenvalue weighted by Gasteiger charge is 2.15. The molecule has 0 aromatic carbocycles. The van der Waals surface area contributed by atoms with Crippen LogP contribution in [-0.4, -0.2) is 45.0 Å². The molecule has 0 aliphatic heterocycles. The molecule has 0 bridgehead atoms. The molecule has 1 amide bonds. The van der Waals surface area contributed by atoms with Crippen molar-refractivity contribution >= 4 is 33.2 Å². The second-order valence-electron chi connectivity index (χ2n) is 3.44. The number of nitrogens with zero attached hydrogens (tertiary/aromatic N) is 4. The van der Waals surface area contributed by atoms with Gasteiger partial charge in [0.1, 0.15) is 0 Å². The predicted molar refractivity (Wildman–Crippen MR) is 66.9 cm³/mol. The number of hydrogen-bond donors (Lipinski definition) is 1. The third kappa shape index (κ3) is 2.89. The van der Waals surface area contributed by atoms with Gasteiger partial charge in [-0.3, -0.25) is 4.79 Å². The second-order valence-corrected chi connectivity index (χ2v) is 5.04. The van der Waals surface area contributed by atoms with Crippen molar-refractivity contribution in [1.82, 2.24) is 25.5 Å². The Morgan fingerprint density at radius 2 is 2.41 bits per heavy atom. The SMILES string of the molecule is CN(CCc1nn[nH]n1)C(=O)c1cscc1Br. The van der Waals surface area contributed by atoms with Gasteiger partial charge >= 0.3 is 0 Å². The average Bonchev–Trinajstić information content (AvgIpc) is 2.95. The number of thiophene rings is 1. The highest BCUT2D eigenvalue weighted by molar-refractivity contribution is 9.10. The number of tetrazole rings is 1. The number of carbonyl (C=O) groups excluding carboxylic acids is 1. The van der Waals surface area contributed by atoms with E-state index in [1.54, 1.807) is 11.9 Å². The number of amides is 1. The topological polar surface area (TPSA) is 74.8 Å². The van der Waals surface area contributed by atoms with Crippen molar-refractivity contribution in [3.63, 3.8) is 0 Å². The fourth-order valence-electron chi connectivity index (χ4n) is 1.30. The van der Waals surface area contributed by atoms with Crippen LogP contribution in [-0.2, 0) is 6.42 Å². The lowest BCUT2D eigenvalue weighted by atomic mass is 10.3. The molecule has 90 valence electrons. The minimum absolute atomic E-state index is 0.0124. The van der Waals surface area contributed by atoms with Crippen LogP contribution in [0.25, 0.3) is 0 Å². The van der Waals surface area contributed by atoms with E-state index in [0.717, 1.165) is 4.47 Å². The summed E-state index contributed by atoms with van der Waals surface area (Å²) in [4.78, 5) is 13.7. The van der Waals surface area contributed by atoms with Crippen LogP contribution in [0, 0.1) is 0 Å². The zero-order valence-corrected chi connectivity index (χ0v) is 11.5. The fourth-order valence-corrected chi connectivity index (χ4v) is 2.74. The molecular formula is C9H10BrN5OS. The lowest BCUT2D eigenvalue weighted by Gasteiger charge is -2.15. The minimum atomic E-state index is -0.0124. The number of aromatic nitrogens is 4. The molecule has 17 heavy (non-hydrogen) atoms. The van der Waals surface area contributed by atoms with E-state index in [2.05, 4.69) is 36.6 Å². The normalized spacial score (nSPS) is 10.5. The smallest absolute Gasteiger partial charge is 0.255 e. The summed E-state index contributed by atoms with van der Waals surface area (Å²) in [6, 6.07) is 0. The first kappa shape index (κ1) is 12.2. The minimum Gasteiger partial charge on any atom is -0.341 e. The Labute approximate surface area is 110 Å². The molecule has 8 heteroatoms. The highest BCUT2D eigenvalue weighted by Crippen LogP contribution is 2.22. The number of aromatic amines is 1. The maximum atomic E-state index is 12.0. The van der Waals surface area contributed by atoms with Gasteiger partial charge in [-0.25, -0.2) is 0 Å². The van der Waals surface area contributed by atoms with Gasteiger partial charge in [0, 0.05) is 35.2 Å². The third-order valence-corrected chi connectivity index (χ3v) is 3.95. The Kier molecular flexibility index (Phi) is 3.85. The van der Waals surface area contributed by atoms with Crippen LogP contribution in [0.5, 0.6) is 0 Å². The van der Waals surface area contributed by atoms with Gasteiger partial charge < -0.3 is 4.90 Å². The van der Waals surface area contributed by atoms with Gasteiger partial charge in [0.25, 0.3) is 5.91 Å². The van der Waals surface area contributed by atoms with Gasteiger partial charge in [0.15, 0.2) is 5.82 Å². The van der Waals surface area contributed by atoms with E-state index in [9.17, 15) is 4.79 Å². The molecule has 0 unspecified atom stereocenters. The van der Waals surface area contributed by atoms with E-state index in [1.165, 1.54) is 11.3 Å². The number of carbonyl (C=O) groups is 1. The molecule has 6 nitrogen and oxygen atoms in total. The first-order valence-corrected chi connectivity index (χ1v) is 6.61. The van der Waals surface area contributed by atoms with E-state index in [0.29, 0.717) is 24.4 Å². The molecule has 2 rings (SSSR count). The molecule has 0 atom stereocenters. The van der Waals surface area contributed by atoms with E-state index in [-0.39, 0.29) is 5.91 Å². The van der Waals surface area contributed by atoms with E-state index < -0.39 is 0 Å². The summed E-state index contributed by atoms with van der Waals surface area (Å²) in [6.07, 6.45) is 0.584. The maximum Gasteiger partial charge on any atom is 0.255 e. The van der Waals surface area contributed by atoms with Crippen molar-refractivity contribution in [3.8, 4) is 0 Å². The molecule has 0 aliphatic carbocycles. The number of H-pyrrole nitrogens is 1. The molecule has 2 aromatic heterocycles.